The van der Waals surface area contributed by atoms with Gasteiger partial charge in [-0.15, -0.1) is 11.3 Å². The molecule has 25 heavy (non-hydrogen) atoms. The van der Waals surface area contributed by atoms with Crippen LogP contribution in [-0.2, 0) is 6.42 Å². The molecule has 2 N–H and O–H groups in total. The summed E-state index contributed by atoms with van der Waals surface area (Å²) in [7, 11) is 5.15. The van der Waals surface area contributed by atoms with Crippen molar-refractivity contribution >= 4 is 17.3 Å². The molecule has 1 unspecified atom stereocenters. The molecular formula is C19H27N3O2S. The number of hydrogen-bond donors (Lipinski definition) is 2. The highest BCUT2D eigenvalue weighted by Gasteiger charge is 2.08. The van der Waals surface area contributed by atoms with Gasteiger partial charge in [-0.3, -0.25) is 4.99 Å². The van der Waals surface area contributed by atoms with E-state index in [0.717, 1.165) is 42.5 Å². The van der Waals surface area contributed by atoms with Crippen LogP contribution in [0.2, 0.25) is 0 Å². The summed E-state index contributed by atoms with van der Waals surface area (Å²) in [6, 6.07) is 10.1. The van der Waals surface area contributed by atoms with Crippen LogP contribution in [0, 0.1) is 0 Å². The predicted octanol–water partition coefficient (Wildman–Crippen LogP) is 3.28. The summed E-state index contributed by atoms with van der Waals surface area (Å²) >= 11 is 1.79. The second-order valence-electron chi connectivity index (χ2n) is 5.72. The first kappa shape index (κ1) is 19.1. The summed E-state index contributed by atoms with van der Waals surface area (Å²) in [6.07, 6.45) is 0.821. The molecule has 2 aromatic rings. The molecule has 0 aliphatic carbocycles. The fourth-order valence-electron chi connectivity index (χ4n) is 2.54. The molecule has 2 rings (SSSR count). The maximum Gasteiger partial charge on any atom is 0.191 e. The van der Waals surface area contributed by atoms with Gasteiger partial charge >= 0.3 is 0 Å². The molecule has 1 aromatic heterocycles. The number of aliphatic imine (C=N–C) groups is 1. The maximum atomic E-state index is 5.42. The van der Waals surface area contributed by atoms with Gasteiger partial charge in [-0.2, -0.15) is 0 Å². The van der Waals surface area contributed by atoms with Gasteiger partial charge in [0, 0.05) is 30.9 Å². The number of rotatable bonds is 8. The number of methoxy groups -OCH3 is 2. The lowest BCUT2D eigenvalue weighted by atomic mass is 10.1. The van der Waals surface area contributed by atoms with E-state index in [1.54, 1.807) is 32.6 Å². The van der Waals surface area contributed by atoms with Crippen molar-refractivity contribution in [2.45, 2.75) is 19.3 Å². The molecule has 0 aliphatic heterocycles. The third-order valence-electron chi connectivity index (χ3n) is 4.00. The number of thiophene rings is 1. The van der Waals surface area contributed by atoms with Crippen molar-refractivity contribution in [3.05, 3.63) is 46.2 Å². The topological polar surface area (TPSA) is 54.9 Å². The first-order chi connectivity index (χ1) is 12.2. The zero-order valence-electron chi connectivity index (χ0n) is 15.3. The Morgan fingerprint density at radius 2 is 2.04 bits per heavy atom. The van der Waals surface area contributed by atoms with Gasteiger partial charge in [-0.25, -0.2) is 0 Å². The Morgan fingerprint density at radius 1 is 1.20 bits per heavy atom. The third-order valence-corrected chi connectivity index (χ3v) is 5.11. The highest BCUT2D eigenvalue weighted by atomic mass is 32.1. The largest absolute Gasteiger partial charge is 0.497 e. The van der Waals surface area contributed by atoms with E-state index in [1.165, 1.54) is 4.88 Å². The standard InChI is InChI=1S/C19H27N3O2S/c1-14(18-6-5-11-25-18)13-22-19(20-2)21-10-9-15-12-16(23-3)7-8-17(15)24-4/h5-8,11-12,14H,9-10,13H2,1-4H3,(H2,20,21,22). The normalized spacial score (nSPS) is 12.6. The van der Waals surface area contributed by atoms with Gasteiger partial charge < -0.3 is 20.1 Å². The van der Waals surface area contributed by atoms with E-state index in [0.29, 0.717) is 5.92 Å². The molecule has 1 atom stereocenters. The summed E-state index contributed by atoms with van der Waals surface area (Å²) in [5.74, 6) is 2.97. The Bertz CT molecular complexity index is 671. The van der Waals surface area contributed by atoms with Crippen molar-refractivity contribution in [1.29, 1.82) is 0 Å². The van der Waals surface area contributed by atoms with Crippen LogP contribution in [0.25, 0.3) is 0 Å². The van der Waals surface area contributed by atoms with Gasteiger partial charge in [0.2, 0.25) is 0 Å². The van der Waals surface area contributed by atoms with Crippen LogP contribution in [-0.4, -0.2) is 40.3 Å². The second-order valence-corrected chi connectivity index (χ2v) is 6.70. The maximum absolute atomic E-state index is 5.42. The Balaban J connectivity index is 1.83. The van der Waals surface area contributed by atoms with Gasteiger partial charge in [-0.05, 0) is 41.6 Å². The molecule has 0 bridgehead atoms. The van der Waals surface area contributed by atoms with Crippen LogP contribution >= 0.6 is 11.3 Å². The molecule has 6 heteroatoms. The highest BCUT2D eigenvalue weighted by molar-refractivity contribution is 7.10. The molecule has 0 spiro atoms. The van der Waals surface area contributed by atoms with Crippen molar-refractivity contribution in [3.63, 3.8) is 0 Å². The second kappa shape index (κ2) is 9.93. The number of hydrogen-bond acceptors (Lipinski definition) is 4. The van der Waals surface area contributed by atoms with Crippen LogP contribution in [0.15, 0.2) is 40.7 Å². The van der Waals surface area contributed by atoms with Crippen molar-refractivity contribution in [1.82, 2.24) is 10.6 Å². The van der Waals surface area contributed by atoms with Crippen LogP contribution in [0.5, 0.6) is 11.5 Å². The Morgan fingerprint density at radius 3 is 2.68 bits per heavy atom. The van der Waals surface area contributed by atoms with Crippen LogP contribution in [0.3, 0.4) is 0 Å². The minimum absolute atomic E-state index is 0.456. The Kier molecular flexibility index (Phi) is 7.60. The molecule has 0 radical (unpaired) electrons. The van der Waals surface area contributed by atoms with Crippen LogP contribution in [0.1, 0.15) is 23.3 Å². The fourth-order valence-corrected chi connectivity index (χ4v) is 3.32. The molecular weight excluding hydrogens is 334 g/mol. The Labute approximate surface area is 154 Å². The summed E-state index contributed by atoms with van der Waals surface area (Å²) in [6.45, 7) is 3.83. The number of nitrogens with zero attached hydrogens (tertiary/aromatic N) is 1. The number of ether oxygens (including phenoxy) is 2. The van der Waals surface area contributed by atoms with Gasteiger partial charge in [0.1, 0.15) is 11.5 Å². The van der Waals surface area contributed by atoms with E-state index >= 15 is 0 Å². The molecule has 0 amide bonds. The summed E-state index contributed by atoms with van der Waals surface area (Å²) in [4.78, 5) is 5.67. The number of benzene rings is 1. The number of guanidine groups is 1. The van der Waals surface area contributed by atoms with Crippen molar-refractivity contribution in [2.75, 3.05) is 34.4 Å². The van der Waals surface area contributed by atoms with E-state index in [9.17, 15) is 0 Å². The lowest BCUT2D eigenvalue weighted by Crippen LogP contribution is -2.39. The van der Waals surface area contributed by atoms with Crippen molar-refractivity contribution in [3.8, 4) is 11.5 Å². The van der Waals surface area contributed by atoms with Gasteiger partial charge in [0.25, 0.3) is 0 Å². The summed E-state index contributed by atoms with van der Waals surface area (Å²) in [5, 5.41) is 8.85. The van der Waals surface area contributed by atoms with Gasteiger partial charge in [0.05, 0.1) is 14.2 Å². The Hall–Kier alpha value is -2.21. The fraction of sp³-hybridized carbons (Fsp3) is 0.421. The predicted molar refractivity (Wildman–Crippen MR) is 105 cm³/mol. The quantitative estimate of drug-likeness (QED) is 0.560. The molecule has 1 heterocycles. The van der Waals surface area contributed by atoms with E-state index < -0.39 is 0 Å². The average Bonchev–Trinajstić information content (AvgIpc) is 3.18. The zero-order valence-corrected chi connectivity index (χ0v) is 16.2. The monoisotopic (exact) mass is 361 g/mol. The molecule has 1 aromatic carbocycles. The minimum atomic E-state index is 0.456. The van der Waals surface area contributed by atoms with E-state index in [1.807, 2.05) is 18.2 Å². The average molecular weight is 362 g/mol. The third kappa shape index (κ3) is 5.67. The molecule has 0 fully saturated rings. The highest BCUT2D eigenvalue weighted by Crippen LogP contribution is 2.24. The van der Waals surface area contributed by atoms with E-state index in [4.69, 9.17) is 9.47 Å². The van der Waals surface area contributed by atoms with E-state index in [-0.39, 0.29) is 0 Å². The summed E-state index contributed by atoms with van der Waals surface area (Å²) < 4.78 is 10.7. The molecule has 0 saturated heterocycles. The lowest BCUT2D eigenvalue weighted by molar-refractivity contribution is 0.398. The van der Waals surface area contributed by atoms with E-state index in [2.05, 4.69) is 40.1 Å². The van der Waals surface area contributed by atoms with Crippen LogP contribution < -0.4 is 20.1 Å². The van der Waals surface area contributed by atoms with Crippen LogP contribution in [0.4, 0.5) is 0 Å². The SMILES string of the molecule is CN=C(NCCc1cc(OC)ccc1OC)NCC(C)c1cccs1. The molecule has 0 saturated carbocycles. The van der Waals surface area contributed by atoms with Crippen molar-refractivity contribution in [2.24, 2.45) is 4.99 Å². The summed E-state index contributed by atoms with van der Waals surface area (Å²) in [5.41, 5.74) is 1.11. The minimum Gasteiger partial charge on any atom is -0.497 e. The molecule has 136 valence electrons. The van der Waals surface area contributed by atoms with Gasteiger partial charge in [0.15, 0.2) is 5.96 Å². The lowest BCUT2D eigenvalue weighted by Gasteiger charge is -2.16. The van der Waals surface area contributed by atoms with Gasteiger partial charge in [-0.1, -0.05) is 13.0 Å². The first-order valence-corrected chi connectivity index (χ1v) is 9.24. The van der Waals surface area contributed by atoms with Crippen molar-refractivity contribution < 1.29 is 9.47 Å². The molecule has 5 nitrogen and oxygen atoms in total. The smallest absolute Gasteiger partial charge is 0.191 e. The number of nitrogens with one attached hydrogen (secondary N) is 2. The first-order valence-electron chi connectivity index (χ1n) is 8.36. The molecule has 0 aliphatic rings. The zero-order chi connectivity index (χ0) is 18.1.